The molecular formula is C19H24N2O4. The van der Waals surface area contributed by atoms with Gasteiger partial charge >= 0.3 is 5.97 Å². The van der Waals surface area contributed by atoms with E-state index in [1.807, 2.05) is 19.9 Å². The molecule has 6 heteroatoms. The number of aliphatic carboxylic acids is 1. The van der Waals surface area contributed by atoms with Gasteiger partial charge in [0, 0.05) is 18.7 Å². The summed E-state index contributed by atoms with van der Waals surface area (Å²) in [7, 11) is 0. The van der Waals surface area contributed by atoms with E-state index in [4.69, 9.17) is 0 Å². The molecule has 0 unspecified atom stereocenters. The zero-order valence-electron chi connectivity index (χ0n) is 14.6. The minimum Gasteiger partial charge on any atom is -0.481 e. The van der Waals surface area contributed by atoms with Crippen LogP contribution in [-0.4, -0.2) is 47.4 Å². The number of amides is 2. The third-order valence-corrected chi connectivity index (χ3v) is 5.43. The van der Waals surface area contributed by atoms with Crippen molar-refractivity contribution < 1.29 is 19.5 Å². The minimum absolute atomic E-state index is 0.0527. The summed E-state index contributed by atoms with van der Waals surface area (Å²) in [6.07, 6.45) is 2.11. The normalized spacial score (nSPS) is 22.7. The molecule has 25 heavy (non-hydrogen) atoms. The summed E-state index contributed by atoms with van der Waals surface area (Å²) >= 11 is 0. The Morgan fingerprint density at radius 1 is 1.16 bits per heavy atom. The third kappa shape index (κ3) is 3.83. The van der Waals surface area contributed by atoms with E-state index >= 15 is 0 Å². The molecule has 3 rings (SSSR count). The molecule has 6 nitrogen and oxygen atoms in total. The average molecular weight is 344 g/mol. The first-order valence-electron chi connectivity index (χ1n) is 8.73. The van der Waals surface area contributed by atoms with Crippen LogP contribution >= 0.6 is 0 Å². The van der Waals surface area contributed by atoms with E-state index in [0.717, 1.165) is 24.0 Å². The van der Waals surface area contributed by atoms with Gasteiger partial charge in [-0.1, -0.05) is 6.07 Å². The molecule has 1 aliphatic heterocycles. The summed E-state index contributed by atoms with van der Waals surface area (Å²) in [4.78, 5) is 37.6. The number of likely N-dealkylation sites (tertiary alicyclic amines) is 1. The molecule has 1 aromatic carbocycles. The third-order valence-electron chi connectivity index (χ3n) is 5.43. The lowest BCUT2D eigenvalue weighted by Crippen LogP contribution is -2.39. The second-order valence-electron chi connectivity index (χ2n) is 7.23. The van der Waals surface area contributed by atoms with Gasteiger partial charge in [-0.2, -0.15) is 0 Å². The van der Waals surface area contributed by atoms with E-state index in [1.54, 1.807) is 17.0 Å². The van der Waals surface area contributed by atoms with E-state index in [2.05, 4.69) is 5.32 Å². The Hall–Kier alpha value is -2.37. The van der Waals surface area contributed by atoms with Gasteiger partial charge in [-0.25, -0.2) is 0 Å². The second-order valence-corrected chi connectivity index (χ2v) is 7.23. The summed E-state index contributed by atoms with van der Waals surface area (Å²) in [6.45, 7) is 4.54. The predicted octanol–water partition coefficient (Wildman–Crippen LogP) is 1.60. The largest absolute Gasteiger partial charge is 0.481 e. The number of hydrogen-bond donors (Lipinski definition) is 2. The molecule has 1 aromatic rings. The van der Waals surface area contributed by atoms with Crippen LogP contribution < -0.4 is 5.32 Å². The Morgan fingerprint density at radius 2 is 1.88 bits per heavy atom. The maximum Gasteiger partial charge on any atom is 0.308 e. The molecule has 1 saturated carbocycles. The highest BCUT2D eigenvalue weighted by molar-refractivity contribution is 5.96. The molecule has 1 aliphatic carbocycles. The molecule has 1 saturated heterocycles. The zero-order valence-corrected chi connectivity index (χ0v) is 14.6. The van der Waals surface area contributed by atoms with Crippen molar-refractivity contribution in [2.75, 3.05) is 19.6 Å². The number of carboxylic acid groups (broad SMARTS) is 1. The summed E-state index contributed by atoms with van der Waals surface area (Å²) in [5, 5.41) is 12.0. The van der Waals surface area contributed by atoms with Crippen molar-refractivity contribution in [1.29, 1.82) is 0 Å². The molecule has 0 spiro atoms. The molecule has 0 aromatic heterocycles. The highest BCUT2D eigenvalue weighted by Crippen LogP contribution is 2.44. The van der Waals surface area contributed by atoms with Crippen molar-refractivity contribution >= 4 is 17.8 Å². The summed E-state index contributed by atoms with van der Waals surface area (Å²) in [5.74, 6) is -1.32. The number of benzene rings is 1. The van der Waals surface area contributed by atoms with Crippen LogP contribution in [0, 0.1) is 31.6 Å². The van der Waals surface area contributed by atoms with Crippen molar-refractivity contribution in [1.82, 2.24) is 10.2 Å². The maximum absolute atomic E-state index is 12.4. The molecule has 134 valence electrons. The number of carboxylic acids is 1. The van der Waals surface area contributed by atoms with E-state index in [9.17, 15) is 19.5 Å². The molecule has 2 amide bonds. The number of aryl methyl sites for hydroxylation is 2. The van der Waals surface area contributed by atoms with Crippen LogP contribution in [0.2, 0.25) is 0 Å². The van der Waals surface area contributed by atoms with Crippen LogP contribution in [0.3, 0.4) is 0 Å². The SMILES string of the molecule is Cc1ccc(C(=O)NCC(=O)N2C[C@H](C(=O)O)[C@@H](C3CC3)C2)cc1C. The second kappa shape index (κ2) is 6.86. The van der Waals surface area contributed by atoms with Crippen LogP contribution in [0.5, 0.6) is 0 Å². The predicted molar refractivity (Wildman–Crippen MR) is 92.2 cm³/mol. The summed E-state index contributed by atoms with van der Waals surface area (Å²) in [5.41, 5.74) is 2.65. The summed E-state index contributed by atoms with van der Waals surface area (Å²) < 4.78 is 0. The van der Waals surface area contributed by atoms with Gasteiger partial charge in [0.05, 0.1) is 12.5 Å². The molecule has 2 atom stereocenters. The lowest BCUT2D eigenvalue weighted by molar-refractivity contribution is -0.142. The van der Waals surface area contributed by atoms with Crippen LogP contribution in [0.25, 0.3) is 0 Å². The van der Waals surface area contributed by atoms with Gasteiger partial charge in [-0.05, 0) is 61.8 Å². The van der Waals surface area contributed by atoms with Crippen LogP contribution in [-0.2, 0) is 9.59 Å². The smallest absolute Gasteiger partial charge is 0.308 e. The first-order valence-corrected chi connectivity index (χ1v) is 8.73. The van der Waals surface area contributed by atoms with E-state index in [-0.39, 0.29) is 30.8 Å². The minimum atomic E-state index is -0.827. The van der Waals surface area contributed by atoms with Crippen molar-refractivity contribution in [2.45, 2.75) is 26.7 Å². The van der Waals surface area contributed by atoms with Crippen LogP contribution in [0.1, 0.15) is 34.3 Å². The van der Waals surface area contributed by atoms with Gasteiger partial charge in [0.2, 0.25) is 5.91 Å². The summed E-state index contributed by atoms with van der Waals surface area (Å²) in [6, 6.07) is 5.42. The van der Waals surface area contributed by atoms with Crippen molar-refractivity contribution in [2.24, 2.45) is 17.8 Å². The van der Waals surface area contributed by atoms with Crippen LogP contribution in [0.15, 0.2) is 18.2 Å². The standard InChI is InChI=1S/C19H24N2O4/c1-11-3-4-14(7-12(11)2)18(23)20-8-17(22)21-9-15(13-5-6-13)16(10-21)19(24)25/h3-4,7,13,15-16H,5-6,8-10H2,1-2H3,(H,20,23)(H,24,25)/t15-,16+/m1/s1. The average Bonchev–Trinajstić information content (AvgIpc) is 3.32. The highest BCUT2D eigenvalue weighted by Gasteiger charge is 2.46. The van der Waals surface area contributed by atoms with Gasteiger partial charge in [0.1, 0.15) is 0 Å². The van der Waals surface area contributed by atoms with Gasteiger partial charge < -0.3 is 15.3 Å². The fraction of sp³-hybridized carbons (Fsp3) is 0.526. The number of carbonyl (C=O) groups excluding carboxylic acids is 2. The van der Waals surface area contributed by atoms with Gasteiger partial charge in [-0.15, -0.1) is 0 Å². The Kier molecular flexibility index (Phi) is 4.79. The first kappa shape index (κ1) is 17.5. The zero-order chi connectivity index (χ0) is 18.1. The van der Waals surface area contributed by atoms with Gasteiger partial charge in [-0.3, -0.25) is 14.4 Å². The van der Waals surface area contributed by atoms with Crippen molar-refractivity contribution in [3.63, 3.8) is 0 Å². The topological polar surface area (TPSA) is 86.7 Å². The fourth-order valence-corrected chi connectivity index (χ4v) is 3.55. The van der Waals surface area contributed by atoms with Crippen molar-refractivity contribution in [3.05, 3.63) is 34.9 Å². The number of carbonyl (C=O) groups is 3. The number of hydrogen-bond acceptors (Lipinski definition) is 3. The first-order chi connectivity index (χ1) is 11.9. The molecule has 2 fully saturated rings. The highest BCUT2D eigenvalue weighted by atomic mass is 16.4. The number of rotatable bonds is 5. The van der Waals surface area contributed by atoms with E-state index < -0.39 is 11.9 Å². The van der Waals surface area contributed by atoms with Crippen LogP contribution in [0.4, 0.5) is 0 Å². The molecule has 0 bridgehead atoms. The maximum atomic E-state index is 12.4. The molecule has 1 heterocycles. The Morgan fingerprint density at radius 3 is 2.48 bits per heavy atom. The van der Waals surface area contributed by atoms with Gasteiger partial charge in [0.25, 0.3) is 5.91 Å². The molecule has 2 N–H and O–H groups in total. The lowest BCUT2D eigenvalue weighted by Gasteiger charge is -2.16. The Bertz CT molecular complexity index is 711. The Balaban J connectivity index is 1.56. The van der Waals surface area contributed by atoms with Gasteiger partial charge in [0.15, 0.2) is 0 Å². The Labute approximate surface area is 147 Å². The van der Waals surface area contributed by atoms with Crippen molar-refractivity contribution in [3.8, 4) is 0 Å². The number of nitrogens with zero attached hydrogens (tertiary/aromatic N) is 1. The lowest BCUT2D eigenvalue weighted by atomic mass is 9.92. The van der Waals surface area contributed by atoms with E-state index in [1.165, 1.54) is 0 Å². The molecule has 0 radical (unpaired) electrons. The molecular weight excluding hydrogens is 320 g/mol. The number of nitrogens with one attached hydrogen (secondary N) is 1. The monoisotopic (exact) mass is 344 g/mol. The van der Waals surface area contributed by atoms with E-state index in [0.29, 0.717) is 18.0 Å². The fourth-order valence-electron chi connectivity index (χ4n) is 3.55. The quantitative estimate of drug-likeness (QED) is 0.849. The molecule has 2 aliphatic rings.